The van der Waals surface area contributed by atoms with Gasteiger partial charge in [-0.3, -0.25) is 0 Å². The number of benzene rings is 1. The summed E-state index contributed by atoms with van der Waals surface area (Å²) in [4.78, 5) is 4.76. The lowest BCUT2D eigenvalue weighted by Gasteiger charge is -2.20. The van der Waals surface area contributed by atoms with Gasteiger partial charge in [-0.15, -0.1) is 0 Å². The molecule has 112 valence electrons. The molecule has 0 spiro atoms. The lowest BCUT2D eigenvalue weighted by atomic mass is 10.00. The van der Waals surface area contributed by atoms with Crippen LogP contribution in [0.3, 0.4) is 0 Å². The Kier molecular flexibility index (Phi) is 4.39. The summed E-state index contributed by atoms with van der Waals surface area (Å²) in [5, 5.41) is 4.77. The van der Waals surface area contributed by atoms with Crippen molar-refractivity contribution >= 4 is 10.9 Å². The normalized spacial score (nSPS) is 17.2. The van der Waals surface area contributed by atoms with Gasteiger partial charge in [0, 0.05) is 18.0 Å². The highest BCUT2D eigenvalue weighted by Gasteiger charge is 2.20. The van der Waals surface area contributed by atoms with Crippen molar-refractivity contribution in [2.75, 3.05) is 7.11 Å². The predicted octanol–water partition coefficient (Wildman–Crippen LogP) is 3.91. The molecule has 3 heteroatoms. The number of fused-ring (bicyclic) bond motifs is 1. The zero-order chi connectivity index (χ0) is 14.7. The number of hydrogen-bond donors (Lipinski definition) is 1. The molecular formula is C18H24N2O. The maximum absolute atomic E-state index is 5.41. The van der Waals surface area contributed by atoms with E-state index in [1.165, 1.54) is 25.7 Å². The van der Waals surface area contributed by atoms with Gasteiger partial charge in [-0.25, -0.2) is 4.98 Å². The van der Waals surface area contributed by atoms with Gasteiger partial charge in [-0.2, -0.15) is 0 Å². The maximum atomic E-state index is 5.41. The molecule has 0 bridgehead atoms. The smallest absolute Gasteiger partial charge is 0.145 e. The van der Waals surface area contributed by atoms with Crippen molar-refractivity contribution in [2.45, 2.75) is 45.2 Å². The number of nitrogens with one attached hydrogen (secondary N) is 1. The average Bonchev–Trinajstić information content (AvgIpc) is 3.06. The third-order valence-corrected chi connectivity index (χ3v) is 4.67. The number of aromatic nitrogens is 1. The molecule has 1 atom stereocenters. The van der Waals surface area contributed by atoms with Crippen LogP contribution in [0.1, 0.15) is 38.3 Å². The minimum Gasteiger partial charge on any atom is -0.494 e. The first-order chi connectivity index (χ1) is 10.3. The Balaban J connectivity index is 1.72. The van der Waals surface area contributed by atoms with Gasteiger partial charge < -0.3 is 10.1 Å². The van der Waals surface area contributed by atoms with Gasteiger partial charge in [0.05, 0.1) is 12.8 Å². The standard InChI is InChI=1S/C18H24N2O/c1-13(14-6-3-4-7-14)19-12-16-11-10-15-8-5-9-17(21-2)18(15)20-16/h5,8-11,13-14,19H,3-4,6-7,12H2,1-2H3. The molecule has 1 aromatic carbocycles. The second-order valence-corrected chi connectivity index (χ2v) is 6.05. The summed E-state index contributed by atoms with van der Waals surface area (Å²) in [6, 6.07) is 10.8. The molecule has 3 nitrogen and oxygen atoms in total. The van der Waals surface area contributed by atoms with Gasteiger partial charge >= 0.3 is 0 Å². The van der Waals surface area contributed by atoms with E-state index in [0.717, 1.165) is 34.8 Å². The number of para-hydroxylation sites is 1. The van der Waals surface area contributed by atoms with Crippen LogP contribution in [0.2, 0.25) is 0 Å². The zero-order valence-electron chi connectivity index (χ0n) is 12.9. The third kappa shape index (κ3) is 3.18. The summed E-state index contributed by atoms with van der Waals surface area (Å²) < 4.78 is 5.41. The Hall–Kier alpha value is -1.61. The number of methoxy groups -OCH3 is 1. The van der Waals surface area contributed by atoms with Gasteiger partial charge in [-0.05, 0) is 37.8 Å². The van der Waals surface area contributed by atoms with Crippen molar-refractivity contribution in [2.24, 2.45) is 5.92 Å². The quantitative estimate of drug-likeness (QED) is 0.904. The van der Waals surface area contributed by atoms with Crippen LogP contribution in [0.25, 0.3) is 10.9 Å². The van der Waals surface area contributed by atoms with E-state index in [1.807, 2.05) is 12.1 Å². The second-order valence-electron chi connectivity index (χ2n) is 6.05. The first-order valence-electron chi connectivity index (χ1n) is 7.94. The van der Waals surface area contributed by atoms with Gasteiger partial charge in [0.2, 0.25) is 0 Å². The van der Waals surface area contributed by atoms with Crippen molar-refractivity contribution in [3.8, 4) is 5.75 Å². The van der Waals surface area contributed by atoms with E-state index in [1.54, 1.807) is 7.11 Å². The van der Waals surface area contributed by atoms with Crippen LogP contribution in [-0.4, -0.2) is 18.1 Å². The summed E-state index contributed by atoms with van der Waals surface area (Å²) in [6.07, 6.45) is 5.52. The Morgan fingerprint density at radius 3 is 2.81 bits per heavy atom. The molecular weight excluding hydrogens is 260 g/mol. The Morgan fingerprint density at radius 2 is 2.05 bits per heavy atom. The molecule has 1 aromatic heterocycles. The van der Waals surface area contributed by atoms with Gasteiger partial charge in [-0.1, -0.05) is 31.0 Å². The number of nitrogens with zero attached hydrogens (tertiary/aromatic N) is 1. The Morgan fingerprint density at radius 1 is 1.24 bits per heavy atom. The van der Waals surface area contributed by atoms with Crippen molar-refractivity contribution < 1.29 is 4.74 Å². The van der Waals surface area contributed by atoms with E-state index >= 15 is 0 Å². The van der Waals surface area contributed by atoms with Crippen molar-refractivity contribution in [1.82, 2.24) is 10.3 Å². The summed E-state index contributed by atoms with van der Waals surface area (Å²) in [7, 11) is 1.70. The largest absolute Gasteiger partial charge is 0.494 e. The molecule has 1 aliphatic rings. The highest BCUT2D eigenvalue weighted by Crippen LogP contribution is 2.28. The summed E-state index contributed by atoms with van der Waals surface area (Å²) in [5.74, 6) is 1.68. The fourth-order valence-corrected chi connectivity index (χ4v) is 3.31. The van der Waals surface area contributed by atoms with Crippen molar-refractivity contribution in [3.05, 3.63) is 36.0 Å². The number of rotatable bonds is 5. The summed E-state index contributed by atoms with van der Waals surface area (Å²) in [6.45, 7) is 3.13. The van der Waals surface area contributed by atoms with E-state index in [4.69, 9.17) is 9.72 Å². The minimum atomic E-state index is 0.572. The molecule has 0 saturated heterocycles. The summed E-state index contributed by atoms with van der Waals surface area (Å²) in [5.41, 5.74) is 2.03. The third-order valence-electron chi connectivity index (χ3n) is 4.67. The van der Waals surface area contributed by atoms with Crippen LogP contribution in [0.15, 0.2) is 30.3 Å². The molecule has 0 radical (unpaired) electrons. The van der Waals surface area contributed by atoms with E-state index < -0.39 is 0 Å². The molecule has 0 aliphatic heterocycles. The molecule has 1 N–H and O–H groups in total. The second kappa shape index (κ2) is 6.44. The first kappa shape index (κ1) is 14.3. The molecule has 1 heterocycles. The number of hydrogen-bond acceptors (Lipinski definition) is 3. The zero-order valence-corrected chi connectivity index (χ0v) is 12.9. The van der Waals surface area contributed by atoms with Crippen molar-refractivity contribution in [3.63, 3.8) is 0 Å². The van der Waals surface area contributed by atoms with Gasteiger partial charge in [0.15, 0.2) is 0 Å². The SMILES string of the molecule is COc1cccc2ccc(CNC(C)C3CCCC3)nc12. The first-order valence-corrected chi connectivity index (χ1v) is 7.94. The van der Waals surface area contributed by atoms with Crippen LogP contribution >= 0.6 is 0 Å². The maximum Gasteiger partial charge on any atom is 0.145 e. The van der Waals surface area contributed by atoms with E-state index in [9.17, 15) is 0 Å². The molecule has 3 rings (SSSR count). The summed E-state index contributed by atoms with van der Waals surface area (Å²) >= 11 is 0. The van der Waals surface area contributed by atoms with Crippen LogP contribution in [0.5, 0.6) is 5.75 Å². The Bertz CT molecular complexity index is 605. The molecule has 1 fully saturated rings. The molecule has 1 saturated carbocycles. The van der Waals surface area contributed by atoms with Crippen LogP contribution in [0.4, 0.5) is 0 Å². The van der Waals surface area contributed by atoms with Gasteiger partial charge in [0.25, 0.3) is 0 Å². The van der Waals surface area contributed by atoms with E-state index in [-0.39, 0.29) is 0 Å². The lowest BCUT2D eigenvalue weighted by molar-refractivity contribution is 0.379. The van der Waals surface area contributed by atoms with Crippen LogP contribution < -0.4 is 10.1 Å². The van der Waals surface area contributed by atoms with Crippen LogP contribution in [0, 0.1) is 5.92 Å². The topological polar surface area (TPSA) is 34.1 Å². The van der Waals surface area contributed by atoms with E-state index in [2.05, 4.69) is 30.4 Å². The number of pyridine rings is 1. The average molecular weight is 284 g/mol. The molecule has 1 aliphatic carbocycles. The molecule has 21 heavy (non-hydrogen) atoms. The number of ether oxygens (including phenoxy) is 1. The van der Waals surface area contributed by atoms with Crippen molar-refractivity contribution in [1.29, 1.82) is 0 Å². The van der Waals surface area contributed by atoms with Gasteiger partial charge in [0.1, 0.15) is 11.3 Å². The molecule has 2 aromatic rings. The minimum absolute atomic E-state index is 0.572. The van der Waals surface area contributed by atoms with E-state index in [0.29, 0.717) is 6.04 Å². The molecule has 0 amide bonds. The monoisotopic (exact) mass is 284 g/mol. The highest BCUT2D eigenvalue weighted by atomic mass is 16.5. The van der Waals surface area contributed by atoms with Crippen LogP contribution in [-0.2, 0) is 6.54 Å². The fourth-order valence-electron chi connectivity index (χ4n) is 3.31. The molecule has 1 unspecified atom stereocenters. The Labute approximate surface area is 126 Å². The fraction of sp³-hybridized carbons (Fsp3) is 0.500. The predicted molar refractivity (Wildman–Crippen MR) is 86.6 cm³/mol. The highest BCUT2D eigenvalue weighted by molar-refractivity contribution is 5.84. The lowest BCUT2D eigenvalue weighted by Crippen LogP contribution is -2.32.